The van der Waals surface area contributed by atoms with E-state index in [0.29, 0.717) is 17.1 Å². The first-order valence-electron chi connectivity index (χ1n) is 9.72. The van der Waals surface area contributed by atoms with Gasteiger partial charge in [0, 0.05) is 35.5 Å². The molecule has 29 heavy (non-hydrogen) atoms. The van der Waals surface area contributed by atoms with Crippen LogP contribution in [0.15, 0.2) is 45.5 Å². The third-order valence-electron chi connectivity index (χ3n) is 5.05. The van der Waals surface area contributed by atoms with Gasteiger partial charge in [-0.15, -0.1) is 29.3 Å². The number of hydrogen-bond acceptors (Lipinski definition) is 6. The quantitative estimate of drug-likeness (QED) is 0.309. The number of likely N-dealkylation sites (tertiary alicyclic amines) is 1. The molecule has 3 aromatic heterocycles. The van der Waals surface area contributed by atoms with E-state index in [4.69, 9.17) is 4.98 Å². The number of amides is 1. The standard InChI is InChI=1S/C21H23N3O2S3/c1-3-9-24-20(26)17-15(16-8-7-12-27-16)13-28-18(17)22-21(24)29-14(2)19(25)23-10-5-4-6-11-23/h3,7-8,12-14H,1,4-6,9-11H2,2H3. The van der Waals surface area contributed by atoms with Crippen LogP contribution in [0.4, 0.5) is 0 Å². The van der Waals surface area contributed by atoms with Gasteiger partial charge in [0.1, 0.15) is 4.83 Å². The van der Waals surface area contributed by atoms with Gasteiger partial charge in [-0.05, 0) is 37.6 Å². The van der Waals surface area contributed by atoms with Crippen LogP contribution in [0.5, 0.6) is 0 Å². The number of fused-ring (bicyclic) bond motifs is 1. The molecule has 4 heterocycles. The maximum atomic E-state index is 13.3. The minimum Gasteiger partial charge on any atom is -0.342 e. The van der Waals surface area contributed by atoms with Crippen molar-refractivity contribution in [1.82, 2.24) is 14.5 Å². The van der Waals surface area contributed by atoms with Crippen molar-refractivity contribution in [2.24, 2.45) is 0 Å². The third-order valence-corrected chi connectivity index (χ3v) is 7.91. The molecule has 152 valence electrons. The highest BCUT2D eigenvalue weighted by Gasteiger charge is 2.25. The fourth-order valence-corrected chi connectivity index (χ4v) is 6.38. The van der Waals surface area contributed by atoms with Crippen LogP contribution in [-0.4, -0.2) is 38.7 Å². The summed E-state index contributed by atoms with van der Waals surface area (Å²) in [6.45, 7) is 7.72. The summed E-state index contributed by atoms with van der Waals surface area (Å²) in [4.78, 5) is 34.7. The van der Waals surface area contributed by atoms with Crippen molar-refractivity contribution >= 4 is 50.6 Å². The number of allylic oxidation sites excluding steroid dienone is 1. The second-order valence-corrected chi connectivity index (χ2v) is 10.2. The summed E-state index contributed by atoms with van der Waals surface area (Å²) in [5, 5.41) is 4.95. The Labute approximate surface area is 182 Å². The number of thioether (sulfide) groups is 1. The van der Waals surface area contributed by atoms with Crippen molar-refractivity contribution in [3.8, 4) is 10.4 Å². The average molecular weight is 446 g/mol. The third kappa shape index (κ3) is 4.06. The molecule has 0 bridgehead atoms. The molecule has 0 N–H and O–H groups in total. The first kappa shape index (κ1) is 20.4. The van der Waals surface area contributed by atoms with Crippen molar-refractivity contribution in [3.05, 3.63) is 45.9 Å². The highest BCUT2D eigenvalue weighted by atomic mass is 32.2. The van der Waals surface area contributed by atoms with Crippen LogP contribution in [0.2, 0.25) is 0 Å². The first-order chi connectivity index (χ1) is 14.1. The lowest BCUT2D eigenvalue weighted by Gasteiger charge is -2.29. The summed E-state index contributed by atoms with van der Waals surface area (Å²) in [6.07, 6.45) is 5.02. The summed E-state index contributed by atoms with van der Waals surface area (Å²) >= 11 is 4.46. The smallest absolute Gasteiger partial charge is 0.263 e. The van der Waals surface area contributed by atoms with Crippen molar-refractivity contribution < 1.29 is 4.79 Å². The van der Waals surface area contributed by atoms with Crippen LogP contribution in [-0.2, 0) is 11.3 Å². The Balaban J connectivity index is 1.70. The lowest BCUT2D eigenvalue weighted by Crippen LogP contribution is -2.40. The second kappa shape index (κ2) is 8.85. The van der Waals surface area contributed by atoms with Crippen LogP contribution >= 0.6 is 34.4 Å². The fourth-order valence-electron chi connectivity index (χ4n) is 3.58. The number of nitrogens with zero attached hydrogens (tertiary/aromatic N) is 3. The Hall–Kier alpha value is -1.90. The molecule has 1 saturated heterocycles. The molecule has 0 spiro atoms. The highest BCUT2D eigenvalue weighted by Crippen LogP contribution is 2.35. The average Bonchev–Trinajstić information content (AvgIpc) is 3.40. The monoisotopic (exact) mass is 445 g/mol. The number of piperidine rings is 1. The van der Waals surface area contributed by atoms with Crippen molar-refractivity contribution in [1.29, 1.82) is 0 Å². The summed E-state index contributed by atoms with van der Waals surface area (Å²) in [6, 6.07) is 4.00. The molecule has 3 aromatic rings. The molecule has 0 aromatic carbocycles. The van der Waals surface area contributed by atoms with Crippen molar-refractivity contribution in [2.45, 2.75) is 43.1 Å². The molecule has 1 aliphatic heterocycles. The van der Waals surface area contributed by atoms with Gasteiger partial charge in [-0.25, -0.2) is 4.98 Å². The second-order valence-electron chi connectivity index (χ2n) is 7.05. The molecule has 1 aliphatic rings. The molecule has 4 rings (SSSR count). The van der Waals surface area contributed by atoms with Gasteiger partial charge in [0.15, 0.2) is 5.16 Å². The number of aromatic nitrogens is 2. The summed E-state index contributed by atoms with van der Waals surface area (Å²) in [5.41, 5.74) is 0.865. The van der Waals surface area contributed by atoms with Crippen molar-refractivity contribution in [3.63, 3.8) is 0 Å². The van der Waals surface area contributed by atoms with Gasteiger partial charge < -0.3 is 4.90 Å². The minimum absolute atomic E-state index is 0.0697. The fraction of sp³-hybridized carbons (Fsp3) is 0.381. The van der Waals surface area contributed by atoms with Crippen LogP contribution in [0.3, 0.4) is 0 Å². The van der Waals surface area contributed by atoms with E-state index in [2.05, 4.69) is 6.58 Å². The molecule has 1 atom stereocenters. The van der Waals surface area contributed by atoms with E-state index < -0.39 is 0 Å². The Morgan fingerprint density at radius 2 is 2.14 bits per heavy atom. The van der Waals surface area contributed by atoms with Crippen LogP contribution < -0.4 is 5.56 Å². The van der Waals surface area contributed by atoms with Gasteiger partial charge in [0.2, 0.25) is 5.91 Å². The number of thiophene rings is 2. The van der Waals surface area contributed by atoms with Crippen molar-refractivity contribution in [2.75, 3.05) is 13.1 Å². The van der Waals surface area contributed by atoms with E-state index in [1.54, 1.807) is 22.0 Å². The van der Waals surface area contributed by atoms with E-state index in [1.165, 1.54) is 29.5 Å². The molecule has 0 aliphatic carbocycles. The summed E-state index contributed by atoms with van der Waals surface area (Å²) in [5.74, 6) is 0.125. The molecule has 1 amide bonds. The minimum atomic E-state index is -0.287. The predicted octanol–water partition coefficient (Wildman–Crippen LogP) is 4.87. The lowest BCUT2D eigenvalue weighted by molar-refractivity contribution is -0.131. The van der Waals surface area contributed by atoms with E-state index in [0.717, 1.165) is 41.2 Å². The zero-order chi connectivity index (χ0) is 20.4. The number of rotatable bonds is 6. The van der Waals surface area contributed by atoms with Gasteiger partial charge in [-0.1, -0.05) is 23.9 Å². The number of carbonyl (C=O) groups excluding carboxylic acids is 1. The maximum Gasteiger partial charge on any atom is 0.263 e. The summed E-state index contributed by atoms with van der Waals surface area (Å²) < 4.78 is 1.64. The first-order valence-corrected chi connectivity index (χ1v) is 12.4. The maximum absolute atomic E-state index is 13.3. The molecular formula is C21H23N3O2S3. The van der Waals surface area contributed by atoms with Crippen LogP contribution in [0.1, 0.15) is 26.2 Å². The Bertz CT molecular complexity index is 1080. The van der Waals surface area contributed by atoms with E-state index in [9.17, 15) is 9.59 Å². The van der Waals surface area contributed by atoms with Crippen LogP contribution in [0, 0.1) is 0 Å². The number of hydrogen-bond donors (Lipinski definition) is 0. The molecule has 8 heteroatoms. The van der Waals surface area contributed by atoms with Gasteiger partial charge in [-0.2, -0.15) is 0 Å². The van der Waals surface area contributed by atoms with Gasteiger partial charge in [0.05, 0.1) is 10.6 Å². The van der Waals surface area contributed by atoms with Gasteiger partial charge in [0.25, 0.3) is 5.56 Å². The van der Waals surface area contributed by atoms with E-state index in [-0.39, 0.29) is 16.7 Å². The highest BCUT2D eigenvalue weighted by molar-refractivity contribution is 8.00. The lowest BCUT2D eigenvalue weighted by atomic mass is 10.1. The van der Waals surface area contributed by atoms with Gasteiger partial charge in [-0.3, -0.25) is 14.2 Å². The summed E-state index contributed by atoms with van der Waals surface area (Å²) in [7, 11) is 0. The molecule has 1 fully saturated rings. The predicted molar refractivity (Wildman–Crippen MR) is 123 cm³/mol. The zero-order valence-electron chi connectivity index (χ0n) is 16.3. The normalized spacial score (nSPS) is 15.6. The molecule has 0 saturated carbocycles. The molecule has 1 unspecified atom stereocenters. The Morgan fingerprint density at radius 1 is 1.34 bits per heavy atom. The Kier molecular flexibility index (Phi) is 6.22. The Morgan fingerprint density at radius 3 is 2.83 bits per heavy atom. The van der Waals surface area contributed by atoms with E-state index in [1.807, 2.05) is 34.7 Å². The molecule has 5 nitrogen and oxygen atoms in total. The van der Waals surface area contributed by atoms with Gasteiger partial charge >= 0.3 is 0 Å². The SMILES string of the molecule is C=CCn1c(SC(C)C(=O)N2CCCCC2)nc2scc(-c3cccs3)c2c1=O. The largest absolute Gasteiger partial charge is 0.342 e. The zero-order valence-corrected chi connectivity index (χ0v) is 18.7. The molecule has 0 radical (unpaired) electrons. The molecular weight excluding hydrogens is 422 g/mol. The number of carbonyl (C=O) groups is 1. The van der Waals surface area contributed by atoms with E-state index >= 15 is 0 Å². The van der Waals surface area contributed by atoms with Crippen LogP contribution in [0.25, 0.3) is 20.7 Å². The topological polar surface area (TPSA) is 55.2 Å².